The van der Waals surface area contributed by atoms with Crippen molar-refractivity contribution in [3.63, 3.8) is 0 Å². The van der Waals surface area contributed by atoms with Crippen LogP contribution >= 0.6 is 11.3 Å². The third-order valence-corrected chi connectivity index (χ3v) is 7.69. The highest BCUT2D eigenvalue weighted by Gasteiger charge is 2.26. The number of benzene rings is 1. The summed E-state index contributed by atoms with van der Waals surface area (Å²) < 4.78 is 26.4. The van der Waals surface area contributed by atoms with Gasteiger partial charge in [-0.3, -0.25) is 4.79 Å². The molecule has 1 amide bonds. The molecule has 0 aliphatic carbocycles. The molecule has 1 aromatic heterocycles. The molecule has 0 N–H and O–H groups in total. The summed E-state index contributed by atoms with van der Waals surface area (Å²) in [6.07, 6.45) is 2.16. The fraction of sp³-hybridized carbons (Fsp3) is 0.450. The standard InChI is InChI=1S/C20H27N3O3S2/c1-4-22(15-16-8-7-13-27-16)20(24)18-14-17(28(25,26)21(2)3)9-10-19(18)23-11-5-6-12-23/h7-10,13-14H,4-6,11-12,15H2,1-3H3. The van der Waals surface area contributed by atoms with Gasteiger partial charge in [-0.15, -0.1) is 11.3 Å². The molecule has 1 aliphatic heterocycles. The molecular formula is C20H27N3O3S2. The highest BCUT2D eigenvalue weighted by molar-refractivity contribution is 7.89. The Morgan fingerprint density at radius 2 is 1.89 bits per heavy atom. The third-order valence-electron chi connectivity index (χ3n) is 5.02. The Morgan fingerprint density at radius 3 is 2.46 bits per heavy atom. The van der Waals surface area contributed by atoms with Gasteiger partial charge in [0.15, 0.2) is 0 Å². The summed E-state index contributed by atoms with van der Waals surface area (Å²) in [7, 11) is -0.609. The molecule has 1 saturated heterocycles. The van der Waals surface area contributed by atoms with E-state index in [1.54, 1.807) is 34.4 Å². The van der Waals surface area contributed by atoms with Crippen molar-refractivity contribution in [1.29, 1.82) is 0 Å². The Labute approximate surface area is 171 Å². The van der Waals surface area contributed by atoms with E-state index in [4.69, 9.17) is 0 Å². The van der Waals surface area contributed by atoms with Crippen molar-refractivity contribution in [3.05, 3.63) is 46.2 Å². The largest absolute Gasteiger partial charge is 0.371 e. The molecule has 2 heterocycles. The first-order chi connectivity index (χ1) is 13.3. The van der Waals surface area contributed by atoms with Gasteiger partial charge >= 0.3 is 0 Å². The summed E-state index contributed by atoms with van der Waals surface area (Å²) in [5.74, 6) is -0.131. The molecule has 1 aliphatic rings. The van der Waals surface area contributed by atoms with Gasteiger partial charge in [-0.05, 0) is 49.4 Å². The first-order valence-corrected chi connectivity index (χ1v) is 11.8. The van der Waals surface area contributed by atoms with Crippen LogP contribution in [0.3, 0.4) is 0 Å². The lowest BCUT2D eigenvalue weighted by Crippen LogP contribution is -2.32. The Kier molecular flexibility index (Phi) is 6.42. The number of hydrogen-bond acceptors (Lipinski definition) is 5. The molecule has 0 spiro atoms. The maximum atomic E-state index is 13.4. The first kappa shape index (κ1) is 20.8. The number of anilines is 1. The molecule has 2 aromatic rings. The minimum Gasteiger partial charge on any atom is -0.371 e. The molecule has 0 bridgehead atoms. The van der Waals surface area contributed by atoms with Gasteiger partial charge in [0, 0.05) is 44.3 Å². The van der Waals surface area contributed by atoms with E-state index in [0.29, 0.717) is 18.7 Å². The van der Waals surface area contributed by atoms with Crippen LogP contribution in [0.4, 0.5) is 5.69 Å². The Hall–Kier alpha value is -1.90. The van der Waals surface area contributed by atoms with E-state index < -0.39 is 10.0 Å². The van der Waals surface area contributed by atoms with Gasteiger partial charge in [0.2, 0.25) is 10.0 Å². The SMILES string of the molecule is CCN(Cc1cccs1)C(=O)c1cc(S(=O)(=O)N(C)C)ccc1N1CCCC1. The Bertz CT molecular complexity index is 918. The van der Waals surface area contributed by atoms with Crippen LogP contribution in [0.25, 0.3) is 0 Å². The van der Waals surface area contributed by atoms with Crippen LogP contribution in [0.2, 0.25) is 0 Å². The maximum absolute atomic E-state index is 13.4. The van der Waals surface area contributed by atoms with E-state index in [-0.39, 0.29) is 10.8 Å². The number of thiophene rings is 1. The summed E-state index contributed by atoms with van der Waals surface area (Å²) in [5.41, 5.74) is 1.29. The first-order valence-electron chi connectivity index (χ1n) is 9.47. The molecule has 1 aromatic carbocycles. The minimum atomic E-state index is -3.61. The molecule has 1 fully saturated rings. The number of amides is 1. The summed E-state index contributed by atoms with van der Waals surface area (Å²) >= 11 is 1.61. The van der Waals surface area contributed by atoms with Gasteiger partial charge in [-0.25, -0.2) is 12.7 Å². The predicted octanol–water partition coefficient (Wildman–Crippen LogP) is 3.26. The quantitative estimate of drug-likeness (QED) is 0.688. The van der Waals surface area contributed by atoms with E-state index in [9.17, 15) is 13.2 Å². The molecule has 28 heavy (non-hydrogen) atoms. The third kappa shape index (κ3) is 4.24. The molecule has 8 heteroatoms. The van der Waals surface area contributed by atoms with Gasteiger partial charge in [-0.2, -0.15) is 0 Å². The van der Waals surface area contributed by atoms with Crippen LogP contribution in [0.1, 0.15) is 35.0 Å². The van der Waals surface area contributed by atoms with Gasteiger partial charge in [-0.1, -0.05) is 6.07 Å². The van der Waals surface area contributed by atoms with Crippen molar-refractivity contribution >= 4 is 33.0 Å². The molecule has 6 nitrogen and oxygen atoms in total. The van der Waals surface area contributed by atoms with Crippen LogP contribution in [0.5, 0.6) is 0 Å². The zero-order valence-electron chi connectivity index (χ0n) is 16.6. The molecular weight excluding hydrogens is 394 g/mol. The number of sulfonamides is 1. The van der Waals surface area contributed by atoms with Crippen molar-refractivity contribution in [1.82, 2.24) is 9.21 Å². The van der Waals surface area contributed by atoms with Crippen LogP contribution in [0.15, 0.2) is 40.6 Å². The van der Waals surface area contributed by atoms with E-state index >= 15 is 0 Å². The molecule has 0 unspecified atom stereocenters. The van der Waals surface area contributed by atoms with Gasteiger partial charge in [0.25, 0.3) is 5.91 Å². The van der Waals surface area contributed by atoms with E-state index in [1.807, 2.05) is 24.4 Å². The second-order valence-electron chi connectivity index (χ2n) is 7.06. The van der Waals surface area contributed by atoms with Crippen molar-refractivity contribution < 1.29 is 13.2 Å². The molecule has 0 radical (unpaired) electrons. The smallest absolute Gasteiger partial charge is 0.256 e. The number of nitrogens with zero attached hydrogens (tertiary/aromatic N) is 3. The summed E-state index contributed by atoms with van der Waals surface area (Å²) in [6, 6.07) is 8.92. The van der Waals surface area contributed by atoms with Crippen molar-refractivity contribution in [3.8, 4) is 0 Å². The van der Waals surface area contributed by atoms with E-state index in [0.717, 1.165) is 36.5 Å². The normalized spacial score (nSPS) is 14.6. The van der Waals surface area contributed by atoms with Gasteiger partial charge < -0.3 is 9.80 Å². The molecule has 152 valence electrons. The predicted molar refractivity (Wildman–Crippen MR) is 113 cm³/mol. The molecule has 0 atom stereocenters. The number of hydrogen-bond donors (Lipinski definition) is 0. The summed E-state index contributed by atoms with van der Waals surface area (Å²) in [4.78, 5) is 18.6. The second-order valence-corrected chi connectivity index (χ2v) is 10.2. The average molecular weight is 422 g/mol. The van der Waals surface area contributed by atoms with Crippen LogP contribution in [-0.4, -0.2) is 57.3 Å². The van der Waals surface area contributed by atoms with Crippen LogP contribution in [-0.2, 0) is 16.6 Å². The zero-order chi connectivity index (χ0) is 20.3. The van der Waals surface area contributed by atoms with Crippen molar-refractivity contribution in [2.24, 2.45) is 0 Å². The minimum absolute atomic E-state index is 0.131. The Balaban J connectivity index is 2.02. The zero-order valence-corrected chi connectivity index (χ0v) is 18.2. The highest BCUT2D eigenvalue weighted by Crippen LogP contribution is 2.29. The number of carbonyl (C=O) groups is 1. The molecule has 0 saturated carbocycles. The lowest BCUT2D eigenvalue weighted by Gasteiger charge is -2.26. The van der Waals surface area contributed by atoms with Crippen LogP contribution in [0, 0.1) is 0 Å². The van der Waals surface area contributed by atoms with Crippen molar-refractivity contribution in [2.45, 2.75) is 31.2 Å². The number of rotatable bonds is 7. The van der Waals surface area contributed by atoms with E-state index in [2.05, 4.69) is 4.90 Å². The average Bonchev–Trinajstić information content (AvgIpc) is 3.38. The second kappa shape index (κ2) is 8.63. The monoisotopic (exact) mass is 421 g/mol. The summed E-state index contributed by atoms with van der Waals surface area (Å²) in [5, 5.41) is 1.99. The lowest BCUT2D eigenvalue weighted by molar-refractivity contribution is 0.0754. The fourth-order valence-corrected chi connectivity index (χ4v) is 5.03. The van der Waals surface area contributed by atoms with Crippen molar-refractivity contribution in [2.75, 3.05) is 38.6 Å². The summed E-state index contributed by atoms with van der Waals surface area (Å²) in [6.45, 7) is 4.80. The topological polar surface area (TPSA) is 60.9 Å². The number of carbonyl (C=O) groups excluding carboxylic acids is 1. The molecule has 3 rings (SSSR count). The van der Waals surface area contributed by atoms with Gasteiger partial charge in [0.05, 0.1) is 17.0 Å². The maximum Gasteiger partial charge on any atom is 0.256 e. The highest BCUT2D eigenvalue weighted by atomic mass is 32.2. The van der Waals surface area contributed by atoms with E-state index in [1.165, 1.54) is 18.4 Å². The lowest BCUT2D eigenvalue weighted by atomic mass is 10.1. The van der Waals surface area contributed by atoms with Gasteiger partial charge in [0.1, 0.15) is 0 Å². The fourth-order valence-electron chi connectivity index (χ4n) is 3.38. The Morgan fingerprint density at radius 1 is 1.18 bits per heavy atom. The van der Waals surface area contributed by atoms with Crippen LogP contribution < -0.4 is 4.90 Å².